The molecular formula is C16H15ClN2O. The van der Waals surface area contributed by atoms with E-state index in [1.165, 1.54) is 5.56 Å². The molecule has 0 saturated carbocycles. The van der Waals surface area contributed by atoms with Gasteiger partial charge in [0.1, 0.15) is 11.8 Å². The Labute approximate surface area is 123 Å². The van der Waals surface area contributed by atoms with E-state index in [9.17, 15) is 0 Å². The van der Waals surface area contributed by atoms with Crippen LogP contribution in [0, 0.1) is 11.3 Å². The van der Waals surface area contributed by atoms with Gasteiger partial charge < -0.3 is 10.1 Å². The zero-order valence-corrected chi connectivity index (χ0v) is 11.9. The van der Waals surface area contributed by atoms with Gasteiger partial charge in [-0.1, -0.05) is 23.7 Å². The number of hydrogen-bond donors (Lipinski definition) is 1. The Hall–Kier alpha value is -2.18. The summed E-state index contributed by atoms with van der Waals surface area (Å²) in [4.78, 5) is 0. The molecule has 0 amide bonds. The summed E-state index contributed by atoms with van der Waals surface area (Å²) in [6.07, 6.45) is 0.862. The second-order valence-electron chi connectivity index (χ2n) is 4.33. The minimum absolute atomic E-state index is 0.601. The van der Waals surface area contributed by atoms with Crippen LogP contribution < -0.4 is 10.1 Å². The van der Waals surface area contributed by atoms with Crippen LogP contribution in [0.3, 0.4) is 0 Å². The number of methoxy groups -OCH3 is 1. The molecule has 0 saturated heterocycles. The standard InChI is InChI=1S/C16H15ClN2O/c1-20-15-6-2-12(3-7-15)8-9-19-16-10-14(17)5-4-13(16)11-18/h2-7,10,19H,8-9H2,1H3. The first-order chi connectivity index (χ1) is 9.72. The van der Waals surface area contributed by atoms with Crippen LogP contribution in [-0.4, -0.2) is 13.7 Å². The molecule has 0 spiro atoms. The summed E-state index contributed by atoms with van der Waals surface area (Å²) in [5.41, 5.74) is 2.58. The van der Waals surface area contributed by atoms with Crippen molar-refractivity contribution in [3.05, 3.63) is 58.6 Å². The van der Waals surface area contributed by atoms with Crippen LogP contribution in [0.1, 0.15) is 11.1 Å². The molecule has 20 heavy (non-hydrogen) atoms. The van der Waals surface area contributed by atoms with Crippen LogP contribution in [0.4, 0.5) is 5.69 Å². The predicted molar refractivity (Wildman–Crippen MR) is 81.4 cm³/mol. The van der Waals surface area contributed by atoms with Crippen LogP contribution in [-0.2, 0) is 6.42 Å². The molecule has 2 rings (SSSR count). The highest BCUT2D eigenvalue weighted by molar-refractivity contribution is 6.30. The highest BCUT2D eigenvalue weighted by Crippen LogP contribution is 2.20. The summed E-state index contributed by atoms with van der Waals surface area (Å²) < 4.78 is 5.12. The van der Waals surface area contributed by atoms with Gasteiger partial charge in [-0.05, 0) is 42.3 Å². The second-order valence-corrected chi connectivity index (χ2v) is 4.76. The maximum Gasteiger partial charge on any atom is 0.118 e. The summed E-state index contributed by atoms with van der Waals surface area (Å²) in [5, 5.41) is 12.9. The van der Waals surface area contributed by atoms with E-state index in [-0.39, 0.29) is 0 Å². The third kappa shape index (κ3) is 3.66. The van der Waals surface area contributed by atoms with Crippen molar-refractivity contribution in [3.63, 3.8) is 0 Å². The van der Waals surface area contributed by atoms with Crippen LogP contribution in [0.15, 0.2) is 42.5 Å². The van der Waals surface area contributed by atoms with Crippen molar-refractivity contribution >= 4 is 17.3 Å². The Morgan fingerprint density at radius 1 is 1.20 bits per heavy atom. The Balaban J connectivity index is 1.95. The third-order valence-electron chi connectivity index (χ3n) is 2.99. The van der Waals surface area contributed by atoms with Crippen LogP contribution in [0.5, 0.6) is 5.75 Å². The third-order valence-corrected chi connectivity index (χ3v) is 3.23. The number of benzene rings is 2. The van der Waals surface area contributed by atoms with Gasteiger partial charge in [0.25, 0.3) is 0 Å². The molecule has 0 unspecified atom stereocenters. The molecule has 0 aromatic heterocycles. The lowest BCUT2D eigenvalue weighted by Crippen LogP contribution is -2.06. The van der Waals surface area contributed by atoms with Crippen molar-refractivity contribution < 1.29 is 4.74 Å². The van der Waals surface area contributed by atoms with Gasteiger partial charge in [-0.15, -0.1) is 0 Å². The highest BCUT2D eigenvalue weighted by atomic mass is 35.5. The van der Waals surface area contributed by atoms with Gasteiger partial charge in [-0.25, -0.2) is 0 Å². The van der Waals surface area contributed by atoms with Gasteiger partial charge >= 0.3 is 0 Å². The molecule has 0 fully saturated rings. The SMILES string of the molecule is COc1ccc(CCNc2cc(Cl)ccc2C#N)cc1. The number of halogens is 1. The molecule has 102 valence electrons. The molecule has 0 atom stereocenters. The lowest BCUT2D eigenvalue weighted by atomic mass is 10.1. The van der Waals surface area contributed by atoms with E-state index in [4.69, 9.17) is 21.6 Å². The van der Waals surface area contributed by atoms with Crippen LogP contribution in [0.25, 0.3) is 0 Å². The van der Waals surface area contributed by atoms with Gasteiger partial charge in [-0.3, -0.25) is 0 Å². The van der Waals surface area contributed by atoms with Crippen molar-refractivity contribution in [2.24, 2.45) is 0 Å². The van der Waals surface area contributed by atoms with Gasteiger partial charge in [-0.2, -0.15) is 5.26 Å². The summed E-state index contributed by atoms with van der Waals surface area (Å²) in [6, 6.07) is 15.3. The number of ether oxygens (including phenoxy) is 1. The Morgan fingerprint density at radius 3 is 2.60 bits per heavy atom. The van der Waals surface area contributed by atoms with E-state index < -0.39 is 0 Å². The maximum absolute atomic E-state index is 9.04. The number of hydrogen-bond acceptors (Lipinski definition) is 3. The molecule has 4 heteroatoms. The van der Waals surface area contributed by atoms with E-state index in [0.29, 0.717) is 10.6 Å². The Morgan fingerprint density at radius 2 is 1.95 bits per heavy atom. The number of nitriles is 1. The monoisotopic (exact) mass is 286 g/mol. The second kappa shape index (κ2) is 6.83. The van der Waals surface area contributed by atoms with Crippen LogP contribution in [0.2, 0.25) is 5.02 Å². The van der Waals surface area contributed by atoms with E-state index in [1.807, 2.05) is 24.3 Å². The quantitative estimate of drug-likeness (QED) is 0.907. The Kier molecular flexibility index (Phi) is 4.86. The topological polar surface area (TPSA) is 45.0 Å². The van der Waals surface area contributed by atoms with Gasteiger partial charge in [0, 0.05) is 11.6 Å². The molecule has 2 aromatic rings. The molecule has 2 aromatic carbocycles. The molecule has 1 N–H and O–H groups in total. The molecule has 0 aliphatic heterocycles. The van der Waals surface area contributed by atoms with E-state index >= 15 is 0 Å². The molecule has 0 bridgehead atoms. The van der Waals surface area contributed by atoms with Crippen LogP contribution >= 0.6 is 11.6 Å². The Bertz CT molecular complexity index is 617. The molecule has 0 heterocycles. The summed E-state index contributed by atoms with van der Waals surface area (Å²) in [5.74, 6) is 0.850. The van der Waals surface area contributed by atoms with Crippen molar-refractivity contribution in [3.8, 4) is 11.8 Å². The van der Waals surface area contributed by atoms with Gasteiger partial charge in [0.15, 0.2) is 0 Å². The fourth-order valence-corrected chi connectivity index (χ4v) is 2.07. The van der Waals surface area contributed by atoms with Crippen molar-refractivity contribution in [1.29, 1.82) is 5.26 Å². The van der Waals surface area contributed by atoms with E-state index in [1.54, 1.807) is 25.3 Å². The van der Waals surface area contributed by atoms with Gasteiger partial charge in [0.2, 0.25) is 0 Å². The number of anilines is 1. The average molecular weight is 287 g/mol. The van der Waals surface area contributed by atoms with Crippen molar-refractivity contribution in [2.45, 2.75) is 6.42 Å². The van der Waals surface area contributed by atoms with Crippen molar-refractivity contribution in [2.75, 3.05) is 19.0 Å². The first-order valence-electron chi connectivity index (χ1n) is 6.29. The molecule has 0 aliphatic carbocycles. The largest absolute Gasteiger partial charge is 0.497 e. The molecule has 0 radical (unpaired) electrons. The average Bonchev–Trinajstić information content (AvgIpc) is 2.48. The lowest BCUT2D eigenvalue weighted by Gasteiger charge is -2.09. The number of nitrogens with one attached hydrogen (secondary N) is 1. The van der Waals surface area contributed by atoms with E-state index in [0.717, 1.165) is 24.4 Å². The molecular weight excluding hydrogens is 272 g/mol. The van der Waals surface area contributed by atoms with Gasteiger partial charge in [0.05, 0.1) is 18.4 Å². The highest BCUT2D eigenvalue weighted by Gasteiger charge is 2.02. The lowest BCUT2D eigenvalue weighted by molar-refractivity contribution is 0.414. The molecule has 3 nitrogen and oxygen atoms in total. The fraction of sp³-hybridized carbons (Fsp3) is 0.188. The first kappa shape index (κ1) is 14.2. The maximum atomic E-state index is 9.04. The smallest absolute Gasteiger partial charge is 0.118 e. The summed E-state index contributed by atoms with van der Waals surface area (Å²) in [7, 11) is 1.65. The zero-order chi connectivity index (χ0) is 14.4. The minimum atomic E-state index is 0.601. The van der Waals surface area contributed by atoms with Crippen molar-refractivity contribution in [1.82, 2.24) is 0 Å². The first-order valence-corrected chi connectivity index (χ1v) is 6.67. The minimum Gasteiger partial charge on any atom is -0.497 e. The fourth-order valence-electron chi connectivity index (χ4n) is 1.89. The summed E-state index contributed by atoms with van der Waals surface area (Å²) in [6.45, 7) is 0.737. The normalized spacial score (nSPS) is 9.85. The number of rotatable bonds is 5. The predicted octanol–water partition coefficient (Wildman–Crippen LogP) is 3.87. The summed E-state index contributed by atoms with van der Waals surface area (Å²) >= 11 is 5.94. The molecule has 0 aliphatic rings. The zero-order valence-electron chi connectivity index (χ0n) is 11.2. The van der Waals surface area contributed by atoms with E-state index in [2.05, 4.69) is 11.4 Å². The number of nitrogens with zero attached hydrogens (tertiary/aromatic N) is 1.